The van der Waals surface area contributed by atoms with E-state index in [1.54, 1.807) is 4.90 Å². The van der Waals surface area contributed by atoms with Crippen molar-refractivity contribution in [1.29, 1.82) is 0 Å². The molecule has 2 fully saturated rings. The van der Waals surface area contributed by atoms with Gasteiger partial charge >= 0.3 is 6.09 Å². The number of nitrogens with zero attached hydrogens (tertiary/aromatic N) is 3. The lowest BCUT2D eigenvalue weighted by atomic mass is 10.1. The van der Waals surface area contributed by atoms with Crippen molar-refractivity contribution in [2.24, 2.45) is 5.73 Å². The Hall–Kier alpha value is -2.18. The molecule has 7 nitrogen and oxygen atoms in total. The fourth-order valence-electron chi connectivity index (χ4n) is 3.73. The van der Waals surface area contributed by atoms with Crippen LogP contribution in [-0.2, 0) is 9.53 Å². The van der Waals surface area contributed by atoms with Crippen molar-refractivity contribution in [3.05, 3.63) is 23.7 Å². The van der Waals surface area contributed by atoms with Gasteiger partial charge in [0.15, 0.2) is 0 Å². The van der Waals surface area contributed by atoms with Crippen LogP contribution in [0.3, 0.4) is 0 Å². The smallest absolute Gasteiger partial charge is 0.410 e. The van der Waals surface area contributed by atoms with Gasteiger partial charge in [0.2, 0.25) is 5.91 Å². The minimum absolute atomic E-state index is 0.000703. The quantitative estimate of drug-likeness (QED) is 0.779. The van der Waals surface area contributed by atoms with Crippen LogP contribution in [0, 0.1) is 0 Å². The van der Waals surface area contributed by atoms with Crippen molar-refractivity contribution in [2.75, 3.05) is 20.1 Å². The molecule has 25 heavy (non-hydrogen) atoms. The lowest BCUT2D eigenvalue weighted by Crippen LogP contribution is -2.46. The predicted octanol–water partition coefficient (Wildman–Crippen LogP) is 1.62. The first-order valence-corrected chi connectivity index (χ1v) is 8.85. The number of carbonyl (C=O) groups is 2. The Kier molecular flexibility index (Phi) is 4.43. The summed E-state index contributed by atoms with van der Waals surface area (Å²) < 4.78 is 5.57. The molecule has 2 atom stereocenters. The van der Waals surface area contributed by atoms with Gasteiger partial charge < -0.3 is 20.3 Å². The molecule has 138 valence electrons. The van der Waals surface area contributed by atoms with Crippen LogP contribution in [0.4, 0.5) is 4.79 Å². The summed E-state index contributed by atoms with van der Waals surface area (Å²) >= 11 is 0. The van der Waals surface area contributed by atoms with Crippen LogP contribution in [-0.4, -0.2) is 64.5 Å². The standard InChI is InChI=1S/C18H28N4O3/c1-18(2,3)25-17(24)22-12-5-6-14(22)11-21(16(23)9-12)13-7-8-15(19)20(4)10-13/h7-8,12,14H,5-6,9-11,19H2,1-4H3. The topological polar surface area (TPSA) is 79.1 Å². The van der Waals surface area contributed by atoms with E-state index in [1.807, 2.05) is 49.8 Å². The van der Waals surface area contributed by atoms with E-state index in [2.05, 4.69) is 0 Å². The number of allylic oxidation sites excluding steroid dienone is 2. The summed E-state index contributed by atoms with van der Waals surface area (Å²) in [5, 5.41) is 0. The van der Waals surface area contributed by atoms with Crippen molar-refractivity contribution >= 4 is 12.0 Å². The number of hydrogen-bond donors (Lipinski definition) is 1. The van der Waals surface area contributed by atoms with Crippen molar-refractivity contribution in [2.45, 2.75) is 57.7 Å². The van der Waals surface area contributed by atoms with Gasteiger partial charge in [-0.1, -0.05) is 0 Å². The Balaban J connectivity index is 1.80. The Morgan fingerprint density at radius 2 is 1.92 bits per heavy atom. The highest BCUT2D eigenvalue weighted by Crippen LogP contribution is 2.33. The maximum absolute atomic E-state index is 12.8. The molecular formula is C18H28N4O3. The number of likely N-dealkylation sites (N-methyl/N-ethyl adjacent to an activating group) is 1. The molecule has 2 amide bonds. The zero-order valence-corrected chi connectivity index (χ0v) is 15.5. The molecule has 2 bridgehead atoms. The van der Waals surface area contributed by atoms with Crippen LogP contribution >= 0.6 is 0 Å². The van der Waals surface area contributed by atoms with Gasteiger partial charge in [-0.15, -0.1) is 0 Å². The minimum atomic E-state index is -0.538. The average molecular weight is 348 g/mol. The third-order valence-corrected chi connectivity index (χ3v) is 4.96. The van der Waals surface area contributed by atoms with E-state index >= 15 is 0 Å². The zero-order valence-electron chi connectivity index (χ0n) is 15.5. The summed E-state index contributed by atoms with van der Waals surface area (Å²) in [6.07, 6.45) is 5.51. The molecule has 0 spiro atoms. The molecule has 0 aromatic heterocycles. The van der Waals surface area contributed by atoms with Gasteiger partial charge in [0.1, 0.15) is 5.60 Å². The number of fused-ring (bicyclic) bond motifs is 2. The van der Waals surface area contributed by atoms with Crippen LogP contribution < -0.4 is 5.73 Å². The van der Waals surface area contributed by atoms with Crippen molar-refractivity contribution in [1.82, 2.24) is 14.7 Å². The lowest BCUT2D eigenvalue weighted by molar-refractivity contribution is -0.129. The number of rotatable bonds is 1. The summed E-state index contributed by atoms with van der Waals surface area (Å²) in [5.41, 5.74) is 6.28. The molecule has 3 rings (SSSR count). The fraction of sp³-hybridized carbons (Fsp3) is 0.667. The molecule has 7 heteroatoms. The molecule has 0 radical (unpaired) electrons. The summed E-state index contributed by atoms with van der Waals surface area (Å²) in [6.45, 7) is 6.70. The second-order valence-electron chi connectivity index (χ2n) is 8.09. The SMILES string of the molecule is CN1CC(N2CC3CCC(CC2=O)N3C(=O)OC(C)(C)C)=CC=C1N. The van der Waals surface area contributed by atoms with E-state index in [-0.39, 0.29) is 24.1 Å². The van der Waals surface area contributed by atoms with E-state index in [4.69, 9.17) is 10.5 Å². The van der Waals surface area contributed by atoms with Gasteiger partial charge in [0.25, 0.3) is 0 Å². The van der Waals surface area contributed by atoms with Crippen LogP contribution in [0.15, 0.2) is 23.7 Å². The first kappa shape index (κ1) is 17.6. The van der Waals surface area contributed by atoms with Gasteiger partial charge in [-0.05, 0) is 45.8 Å². The maximum atomic E-state index is 12.8. The van der Waals surface area contributed by atoms with Gasteiger partial charge in [0.05, 0.1) is 18.4 Å². The summed E-state index contributed by atoms with van der Waals surface area (Å²) in [6, 6.07) is -0.0689. The Labute approximate surface area is 149 Å². The van der Waals surface area contributed by atoms with Gasteiger partial charge in [0, 0.05) is 31.8 Å². The Morgan fingerprint density at radius 3 is 2.56 bits per heavy atom. The van der Waals surface area contributed by atoms with Crippen LogP contribution in [0.1, 0.15) is 40.0 Å². The molecule has 3 heterocycles. The van der Waals surface area contributed by atoms with Gasteiger partial charge in [-0.3, -0.25) is 9.69 Å². The number of likely N-dealkylation sites (tertiary alicyclic amines) is 1. The van der Waals surface area contributed by atoms with E-state index in [1.165, 1.54) is 0 Å². The van der Waals surface area contributed by atoms with Crippen LogP contribution in [0.2, 0.25) is 0 Å². The van der Waals surface area contributed by atoms with Crippen molar-refractivity contribution in [3.63, 3.8) is 0 Å². The number of amides is 2. The van der Waals surface area contributed by atoms with Crippen molar-refractivity contribution < 1.29 is 14.3 Å². The van der Waals surface area contributed by atoms with Gasteiger partial charge in [-0.25, -0.2) is 4.79 Å². The highest BCUT2D eigenvalue weighted by atomic mass is 16.6. The normalized spacial score (nSPS) is 27.0. The fourth-order valence-corrected chi connectivity index (χ4v) is 3.73. The number of ether oxygens (including phenoxy) is 1. The molecule has 0 aromatic rings. The molecule has 0 aromatic carbocycles. The molecular weight excluding hydrogens is 320 g/mol. The van der Waals surface area contributed by atoms with E-state index in [0.717, 1.165) is 18.5 Å². The predicted molar refractivity (Wildman–Crippen MR) is 94.2 cm³/mol. The average Bonchev–Trinajstić information content (AvgIpc) is 2.81. The first-order chi connectivity index (χ1) is 11.7. The highest BCUT2D eigenvalue weighted by Gasteiger charge is 2.45. The van der Waals surface area contributed by atoms with E-state index in [0.29, 0.717) is 25.3 Å². The third-order valence-electron chi connectivity index (χ3n) is 4.96. The molecule has 3 aliphatic heterocycles. The van der Waals surface area contributed by atoms with E-state index < -0.39 is 5.60 Å². The number of carbonyl (C=O) groups excluding carboxylic acids is 2. The largest absolute Gasteiger partial charge is 0.444 e. The lowest BCUT2D eigenvalue weighted by Gasteiger charge is -2.33. The zero-order chi connectivity index (χ0) is 18.4. The third kappa shape index (κ3) is 3.60. The van der Waals surface area contributed by atoms with E-state index in [9.17, 15) is 9.59 Å². The molecule has 2 N–H and O–H groups in total. The Morgan fingerprint density at radius 1 is 1.24 bits per heavy atom. The van der Waals surface area contributed by atoms with Crippen molar-refractivity contribution in [3.8, 4) is 0 Å². The summed E-state index contributed by atoms with van der Waals surface area (Å²) in [7, 11) is 1.90. The molecule has 2 unspecified atom stereocenters. The molecule has 0 aliphatic carbocycles. The number of nitrogens with two attached hydrogens (primary N) is 1. The maximum Gasteiger partial charge on any atom is 0.410 e. The van der Waals surface area contributed by atoms with Gasteiger partial charge in [-0.2, -0.15) is 0 Å². The highest BCUT2D eigenvalue weighted by molar-refractivity contribution is 5.81. The minimum Gasteiger partial charge on any atom is -0.444 e. The number of hydrogen-bond acceptors (Lipinski definition) is 5. The molecule has 0 saturated carbocycles. The van der Waals surface area contributed by atoms with Crippen LogP contribution in [0.25, 0.3) is 0 Å². The summed E-state index contributed by atoms with van der Waals surface area (Å²) in [5.74, 6) is 0.747. The molecule has 2 saturated heterocycles. The first-order valence-electron chi connectivity index (χ1n) is 8.85. The second kappa shape index (κ2) is 6.28. The monoisotopic (exact) mass is 348 g/mol. The summed E-state index contributed by atoms with van der Waals surface area (Å²) in [4.78, 5) is 30.9. The van der Waals surface area contributed by atoms with Crippen LogP contribution in [0.5, 0.6) is 0 Å². The second-order valence-corrected chi connectivity index (χ2v) is 8.09. The molecule has 3 aliphatic rings. The Bertz CT molecular complexity index is 635.